The number of hydrogen-bond donors (Lipinski definition) is 1. The summed E-state index contributed by atoms with van der Waals surface area (Å²) in [6.07, 6.45) is 5.78. The van der Waals surface area contributed by atoms with Gasteiger partial charge in [0.05, 0.1) is 24.5 Å². The van der Waals surface area contributed by atoms with E-state index in [4.69, 9.17) is 4.74 Å². The van der Waals surface area contributed by atoms with Crippen LogP contribution in [0.4, 0.5) is 0 Å². The highest BCUT2D eigenvalue weighted by Crippen LogP contribution is 2.21. The summed E-state index contributed by atoms with van der Waals surface area (Å²) in [5.41, 5.74) is 0.976. The van der Waals surface area contributed by atoms with Gasteiger partial charge < -0.3 is 9.84 Å². The van der Waals surface area contributed by atoms with Crippen LogP contribution in [0.5, 0.6) is 0 Å². The molecule has 4 heteroatoms. The van der Waals surface area contributed by atoms with Gasteiger partial charge in [0, 0.05) is 13.2 Å². The van der Waals surface area contributed by atoms with E-state index in [9.17, 15) is 5.11 Å². The third kappa shape index (κ3) is 3.04. The Labute approximate surface area is 89.9 Å². The smallest absolute Gasteiger partial charge is 0.0910 e. The first-order valence-electron chi connectivity index (χ1n) is 5.52. The minimum Gasteiger partial charge on any atom is -0.393 e. The maximum atomic E-state index is 9.34. The Morgan fingerprint density at radius 1 is 1.47 bits per heavy atom. The highest BCUT2D eigenvalue weighted by molar-refractivity contribution is 4.96. The Balaban J connectivity index is 1.74. The number of hydrogen-bond acceptors (Lipinski definition) is 3. The quantitative estimate of drug-likeness (QED) is 0.816. The van der Waals surface area contributed by atoms with Gasteiger partial charge in [-0.05, 0) is 31.7 Å². The minimum atomic E-state index is -0.111. The molecule has 1 aliphatic rings. The lowest BCUT2D eigenvalue weighted by molar-refractivity contribution is -0.0131. The Morgan fingerprint density at radius 2 is 2.20 bits per heavy atom. The predicted octanol–water partition coefficient (Wildman–Crippen LogP) is 1.24. The van der Waals surface area contributed by atoms with Crippen LogP contribution in [0.2, 0.25) is 0 Å². The number of rotatable bonds is 3. The van der Waals surface area contributed by atoms with Gasteiger partial charge in [0.15, 0.2) is 0 Å². The maximum absolute atomic E-state index is 9.34. The first-order valence-corrected chi connectivity index (χ1v) is 5.52. The summed E-state index contributed by atoms with van der Waals surface area (Å²) in [6, 6.07) is 1.97. The van der Waals surface area contributed by atoms with Crippen LogP contribution in [0.3, 0.4) is 0 Å². The van der Waals surface area contributed by atoms with Crippen molar-refractivity contribution in [3.8, 4) is 0 Å². The zero-order chi connectivity index (χ0) is 10.7. The van der Waals surface area contributed by atoms with E-state index in [0.717, 1.165) is 31.4 Å². The molecule has 0 unspecified atom stereocenters. The number of aryl methyl sites for hydroxylation is 1. The van der Waals surface area contributed by atoms with Crippen molar-refractivity contribution in [1.29, 1.82) is 0 Å². The molecule has 1 saturated carbocycles. The molecule has 0 radical (unpaired) electrons. The van der Waals surface area contributed by atoms with E-state index in [-0.39, 0.29) is 6.10 Å². The topological polar surface area (TPSA) is 47.3 Å². The molecule has 4 nitrogen and oxygen atoms in total. The monoisotopic (exact) mass is 210 g/mol. The van der Waals surface area contributed by atoms with Gasteiger partial charge >= 0.3 is 0 Å². The van der Waals surface area contributed by atoms with Crippen LogP contribution in [0.15, 0.2) is 12.3 Å². The number of nitrogens with zero attached hydrogens (tertiary/aromatic N) is 2. The lowest BCUT2D eigenvalue weighted by atomic mass is 9.95. The van der Waals surface area contributed by atoms with Gasteiger partial charge in [-0.25, -0.2) is 0 Å². The van der Waals surface area contributed by atoms with Crippen molar-refractivity contribution in [2.45, 2.75) is 44.5 Å². The maximum Gasteiger partial charge on any atom is 0.0910 e. The summed E-state index contributed by atoms with van der Waals surface area (Å²) in [5, 5.41) is 13.6. The second-order valence-corrected chi connectivity index (χ2v) is 4.22. The van der Waals surface area contributed by atoms with Crippen LogP contribution in [-0.2, 0) is 18.4 Å². The van der Waals surface area contributed by atoms with Crippen molar-refractivity contribution < 1.29 is 9.84 Å². The summed E-state index contributed by atoms with van der Waals surface area (Å²) in [4.78, 5) is 0. The predicted molar refractivity (Wildman–Crippen MR) is 56.3 cm³/mol. The summed E-state index contributed by atoms with van der Waals surface area (Å²) in [6.45, 7) is 0.585. The highest BCUT2D eigenvalue weighted by atomic mass is 16.5. The Bertz CT molecular complexity index is 303. The summed E-state index contributed by atoms with van der Waals surface area (Å²) < 4.78 is 7.52. The van der Waals surface area contributed by atoms with Crippen molar-refractivity contribution in [2.75, 3.05) is 0 Å². The van der Waals surface area contributed by atoms with Gasteiger partial charge in [0.1, 0.15) is 0 Å². The molecule has 1 N–H and O–H groups in total. The van der Waals surface area contributed by atoms with E-state index >= 15 is 0 Å². The van der Waals surface area contributed by atoms with E-state index in [1.807, 2.05) is 19.3 Å². The van der Waals surface area contributed by atoms with Crippen molar-refractivity contribution in [3.05, 3.63) is 18.0 Å². The zero-order valence-corrected chi connectivity index (χ0v) is 9.09. The fourth-order valence-electron chi connectivity index (χ4n) is 1.96. The van der Waals surface area contributed by atoms with Gasteiger partial charge in [-0.3, -0.25) is 4.68 Å². The number of aliphatic hydroxyl groups excluding tert-OH is 1. The molecular formula is C11H18N2O2. The molecule has 1 heterocycles. The van der Waals surface area contributed by atoms with Crippen molar-refractivity contribution >= 4 is 0 Å². The fourth-order valence-corrected chi connectivity index (χ4v) is 1.96. The molecule has 0 aliphatic heterocycles. The summed E-state index contributed by atoms with van der Waals surface area (Å²) in [7, 11) is 1.90. The number of aromatic nitrogens is 2. The second kappa shape index (κ2) is 4.77. The molecule has 1 aromatic rings. The van der Waals surface area contributed by atoms with E-state index in [1.165, 1.54) is 0 Å². The summed E-state index contributed by atoms with van der Waals surface area (Å²) >= 11 is 0. The third-order valence-electron chi connectivity index (χ3n) is 2.88. The zero-order valence-electron chi connectivity index (χ0n) is 9.09. The molecule has 15 heavy (non-hydrogen) atoms. The third-order valence-corrected chi connectivity index (χ3v) is 2.88. The van der Waals surface area contributed by atoms with E-state index in [1.54, 1.807) is 4.68 Å². The number of aliphatic hydroxyl groups is 1. The van der Waals surface area contributed by atoms with Crippen LogP contribution in [0, 0.1) is 0 Å². The van der Waals surface area contributed by atoms with Crippen molar-refractivity contribution in [2.24, 2.45) is 7.05 Å². The first kappa shape index (κ1) is 10.6. The average Bonchev–Trinajstić information content (AvgIpc) is 2.64. The average molecular weight is 210 g/mol. The van der Waals surface area contributed by atoms with Crippen LogP contribution in [0.25, 0.3) is 0 Å². The highest BCUT2D eigenvalue weighted by Gasteiger charge is 2.19. The molecule has 2 rings (SSSR count). The molecule has 1 aromatic heterocycles. The van der Waals surface area contributed by atoms with Crippen LogP contribution in [0.1, 0.15) is 31.4 Å². The largest absolute Gasteiger partial charge is 0.393 e. The SMILES string of the molecule is Cn1ccc(COC2CCC(O)CC2)n1. The molecule has 0 spiro atoms. The van der Waals surface area contributed by atoms with E-state index in [2.05, 4.69) is 5.10 Å². The van der Waals surface area contributed by atoms with E-state index in [0.29, 0.717) is 12.7 Å². The van der Waals surface area contributed by atoms with Crippen LogP contribution >= 0.6 is 0 Å². The molecule has 0 amide bonds. The van der Waals surface area contributed by atoms with Gasteiger partial charge in [0.25, 0.3) is 0 Å². The van der Waals surface area contributed by atoms with Gasteiger partial charge in [-0.1, -0.05) is 0 Å². The van der Waals surface area contributed by atoms with Gasteiger partial charge in [0.2, 0.25) is 0 Å². The Morgan fingerprint density at radius 3 is 2.80 bits per heavy atom. The molecule has 1 aliphatic carbocycles. The molecule has 0 bridgehead atoms. The number of ether oxygens (including phenoxy) is 1. The standard InChI is InChI=1S/C11H18N2O2/c1-13-7-6-9(12-13)8-15-11-4-2-10(14)3-5-11/h6-7,10-11,14H,2-5,8H2,1H3. The molecule has 1 fully saturated rings. The minimum absolute atomic E-state index is 0.111. The Hall–Kier alpha value is -0.870. The second-order valence-electron chi connectivity index (χ2n) is 4.22. The molecule has 84 valence electrons. The lowest BCUT2D eigenvalue weighted by Gasteiger charge is -2.25. The Kier molecular flexibility index (Phi) is 3.38. The molecule has 0 aromatic carbocycles. The molecular weight excluding hydrogens is 192 g/mol. The van der Waals surface area contributed by atoms with E-state index < -0.39 is 0 Å². The van der Waals surface area contributed by atoms with Crippen molar-refractivity contribution in [1.82, 2.24) is 9.78 Å². The first-order chi connectivity index (χ1) is 7.24. The molecule has 0 atom stereocenters. The molecule has 0 saturated heterocycles. The summed E-state index contributed by atoms with van der Waals surface area (Å²) in [5.74, 6) is 0. The lowest BCUT2D eigenvalue weighted by Crippen LogP contribution is -2.24. The van der Waals surface area contributed by atoms with Crippen molar-refractivity contribution in [3.63, 3.8) is 0 Å². The normalized spacial score (nSPS) is 26.8. The fraction of sp³-hybridized carbons (Fsp3) is 0.727. The van der Waals surface area contributed by atoms with Gasteiger partial charge in [-0.2, -0.15) is 5.10 Å². The van der Waals surface area contributed by atoms with Crippen LogP contribution < -0.4 is 0 Å². The van der Waals surface area contributed by atoms with Gasteiger partial charge in [-0.15, -0.1) is 0 Å². The van der Waals surface area contributed by atoms with Crippen LogP contribution in [-0.4, -0.2) is 27.1 Å².